The molecule has 0 bridgehead atoms. The maximum absolute atomic E-state index is 11.4. The normalized spacial score (nSPS) is 18.7. The van der Waals surface area contributed by atoms with Crippen LogP contribution in [-0.2, 0) is 14.8 Å². The minimum atomic E-state index is -3.44. The Balaban J connectivity index is 2.44. The Labute approximate surface area is 118 Å². The van der Waals surface area contributed by atoms with E-state index in [1.807, 2.05) is 13.8 Å². The van der Waals surface area contributed by atoms with Crippen LogP contribution in [0.2, 0.25) is 0 Å². The highest BCUT2D eigenvalue weighted by Gasteiger charge is 2.31. The molecule has 0 saturated heterocycles. The zero-order valence-electron chi connectivity index (χ0n) is 12.4. The van der Waals surface area contributed by atoms with Gasteiger partial charge in [-0.05, 0) is 31.6 Å². The molecule has 0 aromatic carbocycles. The molecule has 1 aliphatic carbocycles. The highest BCUT2D eigenvalue weighted by atomic mass is 32.2. The summed E-state index contributed by atoms with van der Waals surface area (Å²) in [5.74, 6) is 0.687. The van der Waals surface area contributed by atoms with E-state index in [4.69, 9.17) is 9.88 Å². The van der Waals surface area contributed by atoms with Gasteiger partial charge >= 0.3 is 0 Å². The Hall–Kier alpha value is -0.130. The number of hydrogen-bond donors (Lipinski definition) is 1. The summed E-state index contributed by atoms with van der Waals surface area (Å²) in [6.45, 7) is 5.30. The highest BCUT2D eigenvalue weighted by molar-refractivity contribution is 7.89. The molecule has 114 valence electrons. The van der Waals surface area contributed by atoms with Gasteiger partial charge in [-0.2, -0.15) is 0 Å². The molecule has 1 aliphatic rings. The molecule has 1 rings (SSSR count). The summed E-state index contributed by atoms with van der Waals surface area (Å²) in [4.78, 5) is 0. The van der Waals surface area contributed by atoms with Crippen molar-refractivity contribution < 1.29 is 13.2 Å². The van der Waals surface area contributed by atoms with E-state index in [-0.39, 0.29) is 11.2 Å². The van der Waals surface area contributed by atoms with Crippen LogP contribution in [0.3, 0.4) is 0 Å². The van der Waals surface area contributed by atoms with Crippen LogP contribution in [0, 0.1) is 11.3 Å². The molecule has 0 aromatic heterocycles. The predicted octanol–water partition coefficient (Wildman–Crippen LogP) is 2.68. The van der Waals surface area contributed by atoms with Crippen LogP contribution in [0.1, 0.15) is 58.8 Å². The van der Waals surface area contributed by atoms with Crippen molar-refractivity contribution in [2.45, 2.75) is 58.8 Å². The summed E-state index contributed by atoms with van der Waals surface area (Å²) in [7, 11) is -3.44. The number of rotatable bonds is 8. The van der Waals surface area contributed by atoms with E-state index in [0.29, 0.717) is 12.5 Å². The summed E-state index contributed by atoms with van der Waals surface area (Å²) >= 11 is 0. The maximum atomic E-state index is 11.4. The average Bonchev–Trinajstić information content (AvgIpc) is 2.37. The lowest BCUT2D eigenvalue weighted by Crippen LogP contribution is -2.37. The lowest BCUT2D eigenvalue weighted by atomic mass is 9.85. The molecule has 0 heterocycles. The van der Waals surface area contributed by atoms with Crippen LogP contribution in [0.25, 0.3) is 0 Å². The fourth-order valence-electron chi connectivity index (χ4n) is 2.92. The number of hydrogen-bond acceptors (Lipinski definition) is 3. The first-order valence-electron chi connectivity index (χ1n) is 7.49. The van der Waals surface area contributed by atoms with Crippen molar-refractivity contribution >= 4 is 10.0 Å². The summed E-state index contributed by atoms with van der Waals surface area (Å²) in [5, 5.41) is 5.20. The summed E-state index contributed by atoms with van der Waals surface area (Å²) < 4.78 is 28.5. The Morgan fingerprint density at radius 3 is 2.21 bits per heavy atom. The van der Waals surface area contributed by atoms with Crippen molar-refractivity contribution in [1.82, 2.24) is 0 Å². The largest absolute Gasteiger partial charge is 0.381 e. The van der Waals surface area contributed by atoms with E-state index in [2.05, 4.69) is 0 Å². The molecule has 0 spiro atoms. The van der Waals surface area contributed by atoms with Crippen LogP contribution < -0.4 is 5.14 Å². The van der Waals surface area contributed by atoms with Gasteiger partial charge in [0.2, 0.25) is 10.0 Å². The third-order valence-corrected chi connectivity index (χ3v) is 5.51. The van der Waals surface area contributed by atoms with Gasteiger partial charge in [-0.3, -0.25) is 0 Å². The molecule has 0 aromatic rings. The third-order valence-electron chi connectivity index (χ3n) is 4.49. The summed E-state index contributed by atoms with van der Waals surface area (Å²) in [6.07, 6.45) is 8.02. The molecule has 1 saturated carbocycles. The van der Waals surface area contributed by atoms with Crippen LogP contribution in [0.15, 0.2) is 0 Å². The van der Waals surface area contributed by atoms with Crippen molar-refractivity contribution in [3.63, 3.8) is 0 Å². The molecular formula is C14H29NO3S. The quantitative estimate of drug-likeness (QED) is 0.747. The standard InChI is InChI=1S/C14H29NO3S/c1-3-14(4-2,12-19(15,16)17)11-18-10-13-8-6-5-7-9-13/h13H,3-12H2,1-2H3,(H2,15,16,17). The maximum Gasteiger partial charge on any atom is 0.209 e. The molecule has 0 atom stereocenters. The molecule has 0 unspecified atom stereocenters. The number of ether oxygens (including phenoxy) is 1. The molecule has 0 radical (unpaired) electrons. The van der Waals surface area contributed by atoms with Crippen LogP contribution in [0.5, 0.6) is 0 Å². The van der Waals surface area contributed by atoms with Gasteiger partial charge in [0.15, 0.2) is 0 Å². The van der Waals surface area contributed by atoms with Gasteiger partial charge in [0.1, 0.15) is 0 Å². The molecular weight excluding hydrogens is 262 g/mol. The van der Waals surface area contributed by atoms with E-state index in [1.165, 1.54) is 32.1 Å². The van der Waals surface area contributed by atoms with Crippen molar-refractivity contribution in [2.75, 3.05) is 19.0 Å². The van der Waals surface area contributed by atoms with Crippen molar-refractivity contribution in [3.8, 4) is 0 Å². The SMILES string of the molecule is CCC(CC)(COCC1CCCCC1)CS(N)(=O)=O. The Morgan fingerprint density at radius 1 is 1.16 bits per heavy atom. The molecule has 19 heavy (non-hydrogen) atoms. The fourth-order valence-corrected chi connectivity index (χ4v) is 4.27. The van der Waals surface area contributed by atoms with Crippen LogP contribution in [-0.4, -0.2) is 27.4 Å². The molecule has 1 fully saturated rings. The first-order valence-corrected chi connectivity index (χ1v) is 9.20. The monoisotopic (exact) mass is 291 g/mol. The van der Waals surface area contributed by atoms with Crippen molar-refractivity contribution in [2.24, 2.45) is 16.5 Å². The topological polar surface area (TPSA) is 69.4 Å². The molecule has 0 amide bonds. The van der Waals surface area contributed by atoms with E-state index >= 15 is 0 Å². The van der Waals surface area contributed by atoms with Crippen molar-refractivity contribution in [1.29, 1.82) is 0 Å². The van der Waals surface area contributed by atoms with Gasteiger partial charge < -0.3 is 4.74 Å². The second kappa shape index (κ2) is 7.60. The first kappa shape index (κ1) is 16.9. The van der Waals surface area contributed by atoms with E-state index in [9.17, 15) is 8.42 Å². The lowest BCUT2D eigenvalue weighted by Gasteiger charge is -2.31. The zero-order valence-corrected chi connectivity index (χ0v) is 13.2. The lowest BCUT2D eigenvalue weighted by molar-refractivity contribution is 0.0230. The summed E-state index contributed by atoms with van der Waals surface area (Å²) in [5.41, 5.74) is -0.317. The zero-order chi connectivity index (χ0) is 14.4. The Bertz CT molecular complexity index is 344. The van der Waals surface area contributed by atoms with E-state index in [1.54, 1.807) is 0 Å². The average molecular weight is 291 g/mol. The van der Waals surface area contributed by atoms with Gasteiger partial charge in [0, 0.05) is 12.0 Å². The van der Waals surface area contributed by atoms with Gasteiger partial charge in [0.25, 0.3) is 0 Å². The van der Waals surface area contributed by atoms with Gasteiger partial charge in [-0.1, -0.05) is 33.1 Å². The highest BCUT2D eigenvalue weighted by Crippen LogP contribution is 2.29. The molecule has 2 N–H and O–H groups in total. The fraction of sp³-hybridized carbons (Fsp3) is 1.00. The van der Waals surface area contributed by atoms with Crippen LogP contribution >= 0.6 is 0 Å². The van der Waals surface area contributed by atoms with Gasteiger partial charge in [0.05, 0.1) is 12.4 Å². The number of primary sulfonamides is 1. The molecule has 0 aliphatic heterocycles. The smallest absolute Gasteiger partial charge is 0.209 e. The minimum Gasteiger partial charge on any atom is -0.381 e. The van der Waals surface area contributed by atoms with Gasteiger partial charge in [-0.25, -0.2) is 13.6 Å². The second-order valence-corrected chi connectivity index (χ2v) is 7.65. The van der Waals surface area contributed by atoms with Crippen LogP contribution in [0.4, 0.5) is 0 Å². The van der Waals surface area contributed by atoms with Gasteiger partial charge in [-0.15, -0.1) is 0 Å². The predicted molar refractivity (Wildman–Crippen MR) is 78.4 cm³/mol. The third kappa shape index (κ3) is 6.23. The Kier molecular flexibility index (Phi) is 6.77. The number of sulfonamides is 1. The second-order valence-electron chi connectivity index (χ2n) is 6.03. The summed E-state index contributed by atoms with van der Waals surface area (Å²) in [6, 6.07) is 0. The van der Waals surface area contributed by atoms with E-state index in [0.717, 1.165) is 19.4 Å². The van der Waals surface area contributed by atoms with Crippen molar-refractivity contribution in [3.05, 3.63) is 0 Å². The number of nitrogens with two attached hydrogens (primary N) is 1. The Morgan fingerprint density at radius 2 is 1.74 bits per heavy atom. The molecule has 5 heteroatoms. The molecule has 4 nitrogen and oxygen atoms in total. The first-order chi connectivity index (χ1) is 8.91. The van der Waals surface area contributed by atoms with E-state index < -0.39 is 10.0 Å². The minimum absolute atomic E-state index is 0.0255.